The maximum atomic E-state index is 12.9. The number of morpholine rings is 1. The van der Waals surface area contributed by atoms with Crippen LogP contribution in [0.3, 0.4) is 0 Å². The van der Waals surface area contributed by atoms with E-state index in [4.69, 9.17) is 4.74 Å². The summed E-state index contributed by atoms with van der Waals surface area (Å²) in [4.78, 5) is 2.55. The molecular weight excluding hydrogens is 362 g/mol. The molecule has 0 aromatic heterocycles. The summed E-state index contributed by atoms with van der Waals surface area (Å²) in [6.07, 6.45) is 0.802. The lowest BCUT2D eigenvalue weighted by Gasteiger charge is -2.26. The van der Waals surface area contributed by atoms with Crippen LogP contribution in [-0.2, 0) is 27.7 Å². The lowest BCUT2D eigenvalue weighted by atomic mass is 10.1. The van der Waals surface area contributed by atoms with Gasteiger partial charge in [-0.25, -0.2) is 8.42 Å². The summed E-state index contributed by atoms with van der Waals surface area (Å²) in [6, 6.07) is 15.2. The molecule has 0 atom stereocenters. The zero-order valence-electron chi connectivity index (χ0n) is 15.0. The zero-order chi connectivity index (χ0) is 18.9. The van der Waals surface area contributed by atoms with Gasteiger partial charge in [0.1, 0.15) is 0 Å². The summed E-state index contributed by atoms with van der Waals surface area (Å²) >= 11 is 0. The van der Waals surface area contributed by atoms with Crippen molar-refractivity contribution in [2.45, 2.75) is 17.9 Å². The van der Waals surface area contributed by atoms with Crippen LogP contribution < -0.4 is 4.90 Å². The largest absolute Gasteiger partial charge is 0.379 e. The molecule has 0 bridgehead atoms. The van der Waals surface area contributed by atoms with E-state index in [1.807, 2.05) is 30.3 Å². The van der Waals surface area contributed by atoms with Gasteiger partial charge in [0.25, 0.3) is 0 Å². The number of hydrogen-bond acceptors (Lipinski definition) is 5. The summed E-state index contributed by atoms with van der Waals surface area (Å²) in [7, 11) is -3.48. The molecule has 0 aliphatic carbocycles. The van der Waals surface area contributed by atoms with Crippen LogP contribution in [0, 0.1) is 11.3 Å². The number of sulfonamides is 1. The molecule has 0 radical (unpaired) electrons. The fourth-order valence-corrected chi connectivity index (χ4v) is 5.14. The summed E-state index contributed by atoms with van der Waals surface area (Å²) in [5, 5.41) is 9.29. The minimum atomic E-state index is -3.48. The second-order valence-electron chi connectivity index (χ2n) is 6.75. The third-order valence-corrected chi connectivity index (χ3v) is 7.04. The predicted molar refractivity (Wildman–Crippen MR) is 102 cm³/mol. The Balaban J connectivity index is 1.58. The minimum absolute atomic E-state index is 0.349. The molecule has 0 unspecified atom stereocenters. The molecule has 0 amide bonds. The standard InChI is InChI=1S/C20H21N3O3S/c21-14-17-3-1-2-4-18(17)15-22-8-7-16-13-19(5-6-20(16)22)27(24,25)23-9-11-26-12-10-23/h1-6,13H,7-12,15H2. The number of fused-ring (bicyclic) bond motifs is 1. The molecule has 0 saturated carbocycles. The molecule has 27 heavy (non-hydrogen) atoms. The van der Waals surface area contributed by atoms with Crippen LogP contribution in [0.15, 0.2) is 47.4 Å². The van der Waals surface area contributed by atoms with Gasteiger partial charge in [-0.05, 0) is 41.8 Å². The van der Waals surface area contributed by atoms with Gasteiger partial charge in [0.2, 0.25) is 10.0 Å². The van der Waals surface area contributed by atoms with Gasteiger partial charge in [0.15, 0.2) is 0 Å². The summed E-state index contributed by atoms with van der Waals surface area (Å²) in [5.41, 5.74) is 3.75. The number of rotatable bonds is 4. The van der Waals surface area contributed by atoms with Crippen LogP contribution in [0.4, 0.5) is 5.69 Å². The molecule has 1 saturated heterocycles. The quantitative estimate of drug-likeness (QED) is 0.809. The summed E-state index contributed by atoms with van der Waals surface area (Å²) in [6.45, 7) is 3.14. The third kappa shape index (κ3) is 3.44. The van der Waals surface area contributed by atoms with Gasteiger partial charge >= 0.3 is 0 Å². The average Bonchev–Trinajstić information content (AvgIpc) is 3.11. The normalized spacial score (nSPS) is 17.5. The van der Waals surface area contributed by atoms with Crippen molar-refractivity contribution >= 4 is 15.7 Å². The molecule has 6 nitrogen and oxygen atoms in total. The fraction of sp³-hybridized carbons (Fsp3) is 0.350. The van der Waals surface area contributed by atoms with Crippen molar-refractivity contribution in [3.05, 3.63) is 59.2 Å². The van der Waals surface area contributed by atoms with E-state index < -0.39 is 10.0 Å². The molecule has 2 aromatic carbocycles. The van der Waals surface area contributed by atoms with Gasteiger partial charge in [-0.2, -0.15) is 9.57 Å². The summed E-state index contributed by atoms with van der Waals surface area (Å²) < 4.78 is 32.5. The highest BCUT2D eigenvalue weighted by molar-refractivity contribution is 7.89. The first-order valence-corrected chi connectivity index (χ1v) is 10.5. The van der Waals surface area contributed by atoms with Crippen LogP contribution in [0.2, 0.25) is 0 Å². The van der Waals surface area contributed by atoms with E-state index in [1.165, 1.54) is 4.31 Å². The monoisotopic (exact) mass is 383 g/mol. The Morgan fingerprint density at radius 3 is 2.63 bits per heavy atom. The van der Waals surface area contributed by atoms with Gasteiger partial charge in [0, 0.05) is 31.9 Å². The highest BCUT2D eigenvalue weighted by Crippen LogP contribution is 2.32. The Hall–Kier alpha value is -2.40. The third-order valence-electron chi connectivity index (χ3n) is 5.15. The van der Waals surface area contributed by atoms with Crippen LogP contribution in [0.1, 0.15) is 16.7 Å². The lowest BCUT2D eigenvalue weighted by molar-refractivity contribution is 0.0730. The van der Waals surface area contributed by atoms with E-state index in [0.29, 0.717) is 43.3 Å². The van der Waals surface area contributed by atoms with Crippen molar-refractivity contribution in [2.75, 3.05) is 37.7 Å². The van der Waals surface area contributed by atoms with E-state index >= 15 is 0 Å². The number of nitriles is 1. The molecule has 2 aromatic rings. The van der Waals surface area contributed by atoms with Crippen molar-refractivity contribution in [1.82, 2.24) is 4.31 Å². The minimum Gasteiger partial charge on any atom is -0.379 e. The molecule has 2 aliphatic rings. The number of nitrogens with zero attached hydrogens (tertiary/aromatic N) is 3. The first-order valence-electron chi connectivity index (χ1n) is 9.03. The molecular formula is C20H21N3O3S. The number of benzene rings is 2. The van der Waals surface area contributed by atoms with E-state index in [-0.39, 0.29) is 0 Å². The number of ether oxygens (including phenoxy) is 1. The number of hydrogen-bond donors (Lipinski definition) is 0. The smallest absolute Gasteiger partial charge is 0.243 e. The average molecular weight is 383 g/mol. The van der Waals surface area contributed by atoms with Crippen LogP contribution in [0.5, 0.6) is 0 Å². The van der Waals surface area contributed by atoms with Gasteiger partial charge in [-0.15, -0.1) is 0 Å². The first-order chi connectivity index (χ1) is 13.1. The highest BCUT2D eigenvalue weighted by atomic mass is 32.2. The zero-order valence-corrected chi connectivity index (χ0v) is 15.8. The molecule has 2 aliphatic heterocycles. The van der Waals surface area contributed by atoms with Crippen molar-refractivity contribution < 1.29 is 13.2 Å². The molecule has 1 fully saturated rings. The Morgan fingerprint density at radius 2 is 1.85 bits per heavy atom. The Morgan fingerprint density at radius 1 is 1.07 bits per heavy atom. The summed E-state index contributed by atoms with van der Waals surface area (Å²) in [5.74, 6) is 0. The molecule has 7 heteroatoms. The van der Waals surface area contributed by atoms with Crippen LogP contribution >= 0.6 is 0 Å². The van der Waals surface area contributed by atoms with Crippen molar-refractivity contribution in [2.24, 2.45) is 0 Å². The second-order valence-corrected chi connectivity index (χ2v) is 8.69. The van der Waals surface area contributed by atoms with Gasteiger partial charge < -0.3 is 9.64 Å². The molecule has 4 rings (SSSR count). The second kappa shape index (κ2) is 7.31. The molecule has 2 heterocycles. The predicted octanol–water partition coefficient (Wildman–Crippen LogP) is 2.14. The van der Waals surface area contributed by atoms with Gasteiger partial charge in [0.05, 0.1) is 29.7 Å². The first kappa shape index (κ1) is 18.0. The van der Waals surface area contributed by atoms with Crippen molar-refractivity contribution in [3.63, 3.8) is 0 Å². The maximum absolute atomic E-state index is 12.9. The van der Waals surface area contributed by atoms with E-state index in [0.717, 1.165) is 29.8 Å². The lowest BCUT2D eigenvalue weighted by Crippen LogP contribution is -2.40. The topological polar surface area (TPSA) is 73.6 Å². The Bertz CT molecular complexity index is 992. The SMILES string of the molecule is N#Cc1ccccc1CN1CCc2cc(S(=O)(=O)N3CCOCC3)ccc21. The highest BCUT2D eigenvalue weighted by Gasteiger charge is 2.28. The van der Waals surface area contributed by atoms with Crippen LogP contribution in [0.25, 0.3) is 0 Å². The number of anilines is 1. The maximum Gasteiger partial charge on any atom is 0.243 e. The van der Waals surface area contributed by atoms with Crippen molar-refractivity contribution in [3.8, 4) is 6.07 Å². The van der Waals surface area contributed by atoms with Gasteiger partial charge in [-0.3, -0.25) is 0 Å². The van der Waals surface area contributed by atoms with E-state index in [9.17, 15) is 13.7 Å². The Labute approximate surface area is 159 Å². The molecule has 0 spiro atoms. The van der Waals surface area contributed by atoms with E-state index in [2.05, 4.69) is 11.0 Å². The van der Waals surface area contributed by atoms with E-state index in [1.54, 1.807) is 12.1 Å². The van der Waals surface area contributed by atoms with Crippen molar-refractivity contribution in [1.29, 1.82) is 5.26 Å². The van der Waals surface area contributed by atoms with Gasteiger partial charge in [-0.1, -0.05) is 18.2 Å². The molecule has 0 N–H and O–H groups in total. The molecule has 140 valence electrons. The Kier molecular flexibility index (Phi) is 4.87. The van der Waals surface area contributed by atoms with Crippen LogP contribution in [-0.4, -0.2) is 45.6 Å². The fourth-order valence-electron chi connectivity index (χ4n) is 3.68.